The number of rotatable bonds is 7. The number of thioether (sulfide) groups is 1. The van der Waals surface area contributed by atoms with Gasteiger partial charge in [0.25, 0.3) is 5.91 Å². The monoisotopic (exact) mass is 204 g/mol. The minimum atomic E-state index is -0.239. The smallest absolute Gasteiger partial charge is 0.253 e. The second kappa shape index (κ2) is 9.32. The molecule has 0 aliphatic carbocycles. The van der Waals surface area contributed by atoms with Gasteiger partial charge in [-0.1, -0.05) is 0 Å². The summed E-state index contributed by atoms with van der Waals surface area (Å²) in [5, 5.41) is 8.17. The Kier molecular flexibility index (Phi) is 8.77. The topological polar surface area (TPSA) is 71.3 Å². The summed E-state index contributed by atoms with van der Waals surface area (Å²) in [6.07, 6.45) is 0. The average molecular weight is 204 g/mol. The fraction of sp³-hybridized carbons (Fsp3) is 0.714. The van der Waals surface area contributed by atoms with E-state index < -0.39 is 0 Å². The molecule has 5 nitrogen and oxygen atoms in total. The van der Waals surface area contributed by atoms with E-state index in [1.165, 1.54) is 11.8 Å². The van der Waals surface area contributed by atoms with E-state index in [9.17, 15) is 4.79 Å². The van der Waals surface area contributed by atoms with Crippen molar-refractivity contribution in [2.75, 3.05) is 31.8 Å². The molecule has 13 heavy (non-hydrogen) atoms. The van der Waals surface area contributed by atoms with Crippen molar-refractivity contribution in [1.82, 2.24) is 5.48 Å². The molecule has 0 radical (unpaired) electrons. The van der Waals surface area contributed by atoms with Crippen LogP contribution >= 0.6 is 11.8 Å². The number of ether oxygens (including phenoxy) is 1. The number of nitrogens with zero attached hydrogens (tertiary/aromatic N) is 1. The first kappa shape index (κ1) is 12.2. The van der Waals surface area contributed by atoms with Crippen LogP contribution in [-0.2, 0) is 14.4 Å². The number of nitrogens with one attached hydrogen (secondary N) is 1. The highest BCUT2D eigenvalue weighted by Gasteiger charge is 1.99. The van der Waals surface area contributed by atoms with Crippen LogP contribution in [0.25, 0.3) is 0 Å². The lowest BCUT2D eigenvalue weighted by Gasteiger charge is -2.03. The Hall–Kier alpha value is -0.770. The van der Waals surface area contributed by atoms with Crippen LogP contribution in [0.4, 0.5) is 0 Å². The van der Waals surface area contributed by atoms with Crippen molar-refractivity contribution in [3.05, 3.63) is 0 Å². The molecule has 0 aromatic rings. The molecular formula is C7H12N2O3S. The normalized spacial score (nSPS) is 9.23. The van der Waals surface area contributed by atoms with Crippen molar-refractivity contribution in [1.29, 1.82) is 5.26 Å². The predicted molar refractivity (Wildman–Crippen MR) is 48.9 cm³/mol. The maximum atomic E-state index is 10.9. The molecule has 74 valence electrons. The van der Waals surface area contributed by atoms with Crippen molar-refractivity contribution < 1.29 is 14.4 Å². The molecule has 0 saturated heterocycles. The Bertz CT molecular complexity index is 181. The van der Waals surface area contributed by atoms with E-state index in [1.54, 1.807) is 7.11 Å². The van der Waals surface area contributed by atoms with Crippen molar-refractivity contribution in [2.45, 2.75) is 0 Å². The fourth-order valence-electron chi connectivity index (χ4n) is 0.475. The van der Waals surface area contributed by atoms with Crippen molar-refractivity contribution in [3.63, 3.8) is 0 Å². The molecule has 6 heteroatoms. The molecule has 0 rings (SSSR count). The number of amides is 1. The van der Waals surface area contributed by atoms with Crippen LogP contribution in [-0.4, -0.2) is 37.7 Å². The van der Waals surface area contributed by atoms with Gasteiger partial charge in [-0.25, -0.2) is 5.48 Å². The maximum absolute atomic E-state index is 10.9. The Morgan fingerprint density at radius 3 is 3.00 bits per heavy atom. The molecule has 0 heterocycles. The number of carbonyl (C=O) groups excluding carboxylic acids is 1. The van der Waals surface area contributed by atoms with Crippen LogP contribution in [0.15, 0.2) is 0 Å². The summed E-state index contributed by atoms with van der Waals surface area (Å²) in [6.45, 7) is 0.761. The molecule has 0 aromatic heterocycles. The third-order valence-electron chi connectivity index (χ3n) is 0.975. The summed E-state index contributed by atoms with van der Waals surface area (Å²) in [5.74, 6) is 0.308. The summed E-state index contributed by atoms with van der Waals surface area (Å²) in [4.78, 5) is 15.6. The molecule has 0 saturated carbocycles. The molecule has 0 atom stereocenters. The van der Waals surface area contributed by atoms with Gasteiger partial charge in [-0.3, -0.25) is 9.63 Å². The lowest BCUT2D eigenvalue weighted by atomic mass is 10.7. The van der Waals surface area contributed by atoms with Crippen molar-refractivity contribution in [3.8, 4) is 6.07 Å². The van der Waals surface area contributed by atoms with E-state index in [1.807, 2.05) is 6.07 Å². The van der Waals surface area contributed by atoms with Crippen molar-refractivity contribution in [2.24, 2.45) is 0 Å². The van der Waals surface area contributed by atoms with Crippen LogP contribution < -0.4 is 5.48 Å². The number of methoxy groups -OCH3 is 1. The minimum Gasteiger partial charge on any atom is -0.382 e. The number of hydroxylamine groups is 1. The predicted octanol–water partition coefficient (Wildman–Crippen LogP) is -0.0626. The number of hydrogen-bond acceptors (Lipinski definition) is 5. The molecule has 0 aliphatic heterocycles. The van der Waals surface area contributed by atoms with E-state index in [0.717, 1.165) is 0 Å². The highest BCUT2D eigenvalue weighted by molar-refractivity contribution is 8.00. The SMILES string of the molecule is COCCONC(=O)CSCC#N. The molecule has 0 aromatic carbocycles. The van der Waals surface area contributed by atoms with Gasteiger partial charge in [0.05, 0.1) is 30.8 Å². The maximum Gasteiger partial charge on any atom is 0.253 e. The molecule has 1 N–H and O–H groups in total. The summed E-state index contributed by atoms with van der Waals surface area (Å²) in [6, 6.07) is 1.92. The zero-order valence-electron chi connectivity index (χ0n) is 7.41. The van der Waals surface area contributed by atoms with E-state index in [2.05, 4.69) is 5.48 Å². The fourth-order valence-corrected chi connectivity index (χ4v) is 0.913. The Morgan fingerprint density at radius 2 is 2.38 bits per heavy atom. The van der Waals surface area contributed by atoms with Crippen LogP contribution in [0.1, 0.15) is 0 Å². The number of nitriles is 1. The molecule has 1 amide bonds. The molecule has 0 bridgehead atoms. The summed E-state index contributed by atoms with van der Waals surface area (Å²) in [7, 11) is 1.55. The minimum absolute atomic E-state index is 0.237. The first-order chi connectivity index (χ1) is 6.31. The highest BCUT2D eigenvalue weighted by atomic mass is 32.2. The number of hydrogen-bond donors (Lipinski definition) is 1. The summed E-state index contributed by atoms with van der Waals surface area (Å²) in [5.41, 5.74) is 2.23. The standard InChI is InChI=1S/C7H12N2O3S/c1-11-3-4-12-9-7(10)6-13-5-2-8/h3-6H2,1H3,(H,9,10). The van der Waals surface area contributed by atoms with Crippen LogP contribution in [0.3, 0.4) is 0 Å². The third kappa shape index (κ3) is 9.14. The Balaban J connectivity index is 3.16. The van der Waals surface area contributed by atoms with E-state index in [-0.39, 0.29) is 11.7 Å². The van der Waals surface area contributed by atoms with Crippen LogP contribution in [0.5, 0.6) is 0 Å². The summed E-state index contributed by atoms with van der Waals surface area (Å²) >= 11 is 1.24. The van der Waals surface area contributed by atoms with Crippen LogP contribution in [0.2, 0.25) is 0 Å². The Labute approximate surface area is 81.3 Å². The molecule has 0 aliphatic rings. The van der Waals surface area contributed by atoms with Gasteiger partial charge in [0.15, 0.2) is 0 Å². The second-order valence-corrected chi connectivity index (χ2v) is 3.00. The molecule has 0 fully saturated rings. The lowest BCUT2D eigenvalue weighted by molar-refractivity contribution is -0.131. The quantitative estimate of drug-likeness (QED) is 0.464. The number of carbonyl (C=O) groups is 1. The van der Waals surface area contributed by atoms with E-state index in [0.29, 0.717) is 19.0 Å². The average Bonchev–Trinajstić information content (AvgIpc) is 2.13. The van der Waals surface area contributed by atoms with Gasteiger partial charge >= 0.3 is 0 Å². The summed E-state index contributed by atoms with van der Waals surface area (Å²) < 4.78 is 4.70. The lowest BCUT2D eigenvalue weighted by Crippen LogP contribution is -2.27. The molecular weight excluding hydrogens is 192 g/mol. The molecule has 0 spiro atoms. The van der Waals surface area contributed by atoms with Gasteiger partial charge in [0.2, 0.25) is 0 Å². The van der Waals surface area contributed by atoms with Gasteiger partial charge in [-0.05, 0) is 0 Å². The van der Waals surface area contributed by atoms with Crippen LogP contribution in [0, 0.1) is 11.3 Å². The highest BCUT2D eigenvalue weighted by Crippen LogP contribution is 1.96. The first-order valence-corrected chi connectivity index (χ1v) is 4.81. The second-order valence-electron chi connectivity index (χ2n) is 2.02. The zero-order chi connectivity index (χ0) is 9.94. The third-order valence-corrected chi connectivity index (χ3v) is 1.77. The van der Waals surface area contributed by atoms with Gasteiger partial charge in [-0.2, -0.15) is 5.26 Å². The largest absolute Gasteiger partial charge is 0.382 e. The Morgan fingerprint density at radius 1 is 1.62 bits per heavy atom. The van der Waals surface area contributed by atoms with E-state index in [4.69, 9.17) is 14.8 Å². The van der Waals surface area contributed by atoms with Gasteiger partial charge < -0.3 is 4.74 Å². The zero-order valence-corrected chi connectivity index (χ0v) is 8.23. The van der Waals surface area contributed by atoms with Gasteiger partial charge in [0.1, 0.15) is 0 Å². The van der Waals surface area contributed by atoms with Crippen molar-refractivity contribution >= 4 is 17.7 Å². The van der Waals surface area contributed by atoms with Gasteiger partial charge in [0, 0.05) is 7.11 Å². The molecule has 0 unspecified atom stereocenters. The van der Waals surface area contributed by atoms with E-state index >= 15 is 0 Å². The van der Waals surface area contributed by atoms with Gasteiger partial charge in [-0.15, -0.1) is 11.8 Å². The first-order valence-electron chi connectivity index (χ1n) is 3.65.